The molecular weight excluding hydrogens is 370 g/mol. The standard InChI is InChI=1S/C17H19N5O2S2/c1-11-10-26-17-19-13(7-14(23)22(11)17)9-21-5-2-3-12(8-21)15(24)20-16-18-4-6-25-16/h4,6-7,10,12H,2-3,5,8-9H2,1H3,(H,18,20,24)/t12-/m1/s1. The average molecular weight is 390 g/mol. The fraction of sp³-hybridized carbons (Fsp3) is 0.412. The zero-order valence-electron chi connectivity index (χ0n) is 14.3. The summed E-state index contributed by atoms with van der Waals surface area (Å²) in [4.78, 5) is 36.4. The monoisotopic (exact) mass is 389 g/mol. The molecule has 1 N–H and O–H groups in total. The Hall–Kier alpha value is -2.10. The minimum atomic E-state index is -0.0681. The maximum absolute atomic E-state index is 12.5. The van der Waals surface area contributed by atoms with E-state index in [4.69, 9.17) is 0 Å². The first-order valence-corrected chi connectivity index (χ1v) is 10.3. The van der Waals surface area contributed by atoms with Gasteiger partial charge in [0.25, 0.3) is 5.56 Å². The van der Waals surface area contributed by atoms with Crippen LogP contribution < -0.4 is 10.9 Å². The summed E-state index contributed by atoms with van der Waals surface area (Å²) in [6.07, 6.45) is 3.50. The van der Waals surface area contributed by atoms with E-state index in [1.807, 2.05) is 17.7 Å². The van der Waals surface area contributed by atoms with Crippen LogP contribution in [0.1, 0.15) is 24.2 Å². The second kappa shape index (κ2) is 7.26. The molecular formula is C17H19N5O2S2. The van der Waals surface area contributed by atoms with Crippen molar-refractivity contribution in [2.75, 3.05) is 18.4 Å². The van der Waals surface area contributed by atoms with Crippen LogP contribution in [0.5, 0.6) is 0 Å². The van der Waals surface area contributed by atoms with Crippen molar-refractivity contribution in [1.29, 1.82) is 0 Å². The number of carbonyl (C=O) groups excluding carboxylic acids is 1. The smallest absolute Gasteiger partial charge is 0.259 e. The van der Waals surface area contributed by atoms with Crippen LogP contribution in [0.3, 0.4) is 0 Å². The van der Waals surface area contributed by atoms with E-state index in [9.17, 15) is 9.59 Å². The normalized spacial score (nSPS) is 18.3. The van der Waals surface area contributed by atoms with Crippen molar-refractivity contribution in [2.24, 2.45) is 5.92 Å². The number of nitrogens with one attached hydrogen (secondary N) is 1. The minimum absolute atomic E-state index is 0.0158. The number of amides is 1. The third kappa shape index (κ3) is 3.55. The van der Waals surface area contributed by atoms with Crippen LogP contribution in [0.25, 0.3) is 4.96 Å². The third-order valence-electron chi connectivity index (χ3n) is 4.55. The average Bonchev–Trinajstić information content (AvgIpc) is 3.25. The summed E-state index contributed by atoms with van der Waals surface area (Å²) in [6.45, 7) is 4.07. The van der Waals surface area contributed by atoms with E-state index < -0.39 is 0 Å². The number of thiazole rings is 2. The Kier molecular flexibility index (Phi) is 4.84. The summed E-state index contributed by atoms with van der Waals surface area (Å²) in [6, 6.07) is 1.60. The summed E-state index contributed by atoms with van der Waals surface area (Å²) in [5.41, 5.74) is 1.63. The summed E-state index contributed by atoms with van der Waals surface area (Å²) >= 11 is 2.90. The molecule has 0 bridgehead atoms. The van der Waals surface area contributed by atoms with Gasteiger partial charge in [0.05, 0.1) is 11.6 Å². The van der Waals surface area contributed by atoms with Crippen molar-refractivity contribution in [3.05, 3.63) is 44.8 Å². The van der Waals surface area contributed by atoms with Gasteiger partial charge in [0.1, 0.15) is 0 Å². The molecule has 0 spiro atoms. The first-order valence-electron chi connectivity index (χ1n) is 8.49. The molecule has 1 aliphatic heterocycles. The lowest BCUT2D eigenvalue weighted by Crippen LogP contribution is -2.40. The molecule has 26 heavy (non-hydrogen) atoms. The molecule has 4 rings (SSSR count). The second-order valence-corrected chi connectivity index (χ2v) is 8.21. The van der Waals surface area contributed by atoms with Crippen molar-refractivity contribution in [1.82, 2.24) is 19.3 Å². The molecule has 0 radical (unpaired) electrons. The van der Waals surface area contributed by atoms with E-state index in [2.05, 4.69) is 20.2 Å². The molecule has 0 aromatic carbocycles. The number of hydrogen-bond donors (Lipinski definition) is 1. The quantitative estimate of drug-likeness (QED) is 0.741. The van der Waals surface area contributed by atoms with E-state index in [-0.39, 0.29) is 17.4 Å². The van der Waals surface area contributed by atoms with E-state index in [1.54, 1.807) is 16.7 Å². The van der Waals surface area contributed by atoms with Crippen LogP contribution in [-0.2, 0) is 11.3 Å². The number of likely N-dealkylation sites (tertiary alicyclic amines) is 1. The van der Waals surface area contributed by atoms with E-state index in [1.165, 1.54) is 22.7 Å². The molecule has 136 valence electrons. The highest BCUT2D eigenvalue weighted by Crippen LogP contribution is 2.21. The van der Waals surface area contributed by atoms with Gasteiger partial charge in [-0.3, -0.25) is 18.9 Å². The highest BCUT2D eigenvalue weighted by molar-refractivity contribution is 7.15. The largest absolute Gasteiger partial charge is 0.302 e. The highest BCUT2D eigenvalue weighted by atomic mass is 32.1. The predicted molar refractivity (Wildman–Crippen MR) is 103 cm³/mol. The van der Waals surface area contributed by atoms with Crippen LogP contribution >= 0.6 is 22.7 Å². The number of piperidine rings is 1. The third-order valence-corrected chi connectivity index (χ3v) is 6.19. The molecule has 1 saturated heterocycles. The Bertz CT molecular complexity index is 979. The molecule has 0 unspecified atom stereocenters. The van der Waals surface area contributed by atoms with Crippen molar-refractivity contribution >= 4 is 38.7 Å². The maximum Gasteiger partial charge on any atom is 0.259 e. The molecule has 1 fully saturated rings. The molecule has 4 heterocycles. The number of nitrogens with zero attached hydrogens (tertiary/aromatic N) is 4. The van der Waals surface area contributed by atoms with Gasteiger partial charge in [0.15, 0.2) is 10.1 Å². The van der Waals surface area contributed by atoms with Crippen molar-refractivity contribution < 1.29 is 4.79 Å². The number of anilines is 1. The minimum Gasteiger partial charge on any atom is -0.302 e. The maximum atomic E-state index is 12.5. The lowest BCUT2D eigenvalue weighted by atomic mass is 9.97. The van der Waals surface area contributed by atoms with Crippen molar-refractivity contribution in [3.8, 4) is 0 Å². The summed E-state index contributed by atoms with van der Waals surface area (Å²) < 4.78 is 1.63. The Morgan fingerprint density at radius 1 is 1.42 bits per heavy atom. The summed E-state index contributed by atoms with van der Waals surface area (Å²) in [5.74, 6) is -0.0523. The van der Waals surface area contributed by atoms with Gasteiger partial charge in [0, 0.05) is 41.8 Å². The topological polar surface area (TPSA) is 79.6 Å². The second-order valence-electron chi connectivity index (χ2n) is 6.48. The fourth-order valence-electron chi connectivity index (χ4n) is 3.32. The first kappa shape index (κ1) is 17.3. The molecule has 1 amide bonds. The number of aromatic nitrogens is 3. The van der Waals surface area contributed by atoms with E-state index in [0.717, 1.165) is 35.7 Å². The van der Waals surface area contributed by atoms with Gasteiger partial charge in [-0.2, -0.15) is 0 Å². The predicted octanol–water partition coefficient (Wildman–Crippen LogP) is 2.37. The van der Waals surface area contributed by atoms with Crippen LogP contribution in [0.2, 0.25) is 0 Å². The number of carbonyl (C=O) groups is 1. The van der Waals surface area contributed by atoms with Gasteiger partial charge < -0.3 is 5.32 Å². The number of aryl methyl sites for hydroxylation is 1. The van der Waals surface area contributed by atoms with Gasteiger partial charge in [-0.05, 0) is 26.3 Å². The Morgan fingerprint density at radius 2 is 2.31 bits per heavy atom. The Balaban J connectivity index is 1.45. The molecule has 1 aliphatic rings. The molecule has 1 atom stereocenters. The van der Waals surface area contributed by atoms with Gasteiger partial charge >= 0.3 is 0 Å². The molecule has 9 heteroatoms. The van der Waals surface area contributed by atoms with Gasteiger partial charge in [-0.25, -0.2) is 9.97 Å². The molecule has 3 aromatic rings. The molecule has 0 aliphatic carbocycles. The van der Waals surface area contributed by atoms with Crippen LogP contribution in [0.4, 0.5) is 5.13 Å². The lowest BCUT2D eigenvalue weighted by Gasteiger charge is -2.31. The molecule has 0 saturated carbocycles. The fourth-order valence-corrected chi connectivity index (χ4v) is 4.74. The van der Waals surface area contributed by atoms with Crippen molar-refractivity contribution in [3.63, 3.8) is 0 Å². The van der Waals surface area contributed by atoms with Gasteiger partial charge in [-0.1, -0.05) is 0 Å². The Labute approximate surface area is 158 Å². The Morgan fingerprint density at radius 3 is 3.12 bits per heavy atom. The van der Waals surface area contributed by atoms with Crippen LogP contribution in [-0.4, -0.2) is 38.3 Å². The summed E-state index contributed by atoms with van der Waals surface area (Å²) in [7, 11) is 0. The van der Waals surface area contributed by atoms with Gasteiger partial charge in [0.2, 0.25) is 5.91 Å². The van der Waals surface area contributed by atoms with Crippen LogP contribution in [0.15, 0.2) is 27.8 Å². The lowest BCUT2D eigenvalue weighted by molar-refractivity contribution is -0.121. The zero-order valence-corrected chi connectivity index (χ0v) is 16.0. The van der Waals surface area contributed by atoms with Crippen LogP contribution in [0, 0.1) is 12.8 Å². The number of hydrogen-bond acceptors (Lipinski definition) is 7. The SMILES string of the molecule is Cc1csc2nc(CN3CCC[C@@H](C(=O)Nc4nccs4)C3)cc(=O)n12. The van der Waals surface area contributed by atoms with E-state index >= 15 is 0 Å². The zero-order chi connectivity index (χ0) is 18.1. The van der Waals surface area contributed by atoms with E-state index in [0.29, 0.717) is 18.2 Å². The number of fused-ring (bicyclic) bond motifs is 1. The van der Waals surface area contributed by atoms with Gasteiger partial charge in [-0.15, -0.1) is 22.7 Å². The molecule has 7 nitrogen and oxygen atoms in total. The van der Waals surface area contributed by atoms with Crippen molar-refractivity contribution in [2.45, 2.75) is 26.3 Å². The molecule has 3 aromatic heterocycles. The first-order chi connectivity index (χ1) is 12.6. The number of rotatable bonds is 4. The highest BCUT2D eigenvalue weighted by Gasteiger charge is 2.26. The summed E-state index contributed by atoms with van der Waals surface area (Å²) in [5, 5.41) is 7.31.